The van der Waals surface area contributed by atoms with Crippen molar-refractivity contribution in [2.24, 2.45) is 0 Å². The lowest BCUT2D eigenvalue weighted by molar-refractivity contribution is -0.127. The molecule has 144 valence electrons. The maximum absolute atomic E-state index is 12.3. The highest BCUT2D eigenvalue weighted by molar-refractivity contribution is 6.31. The van der Waals surface area contributed by atoms with E-state index in [-0.39, 0.29) is 5.91 Å². The third-order valence-electron chi connectivity index (χ3n) is 4.59. The topological polar surface area (TPSA) is 50.8 Å². The Hall–Kier alpha value is -2.24. The highest BCUT2D eigenvalue weighted by Gasteiger charge is 2.15. The van der Waals surface area contributed by atoms with Gasteiger partial charge in [0.15, 0.2) is 6.10 Å². The predicted molar refractivity (Wildman–Crippen MR) is 108 cm³/mol. The van der Waals surface area contributed by atoms with E-state index in [9.17, 15) is 4.79 Å². The van der Waals surface area contributed by atoms with E-state index in [1.165, 1.54) is 5.69 Å². The highest BCUT2D eigenvalue weighted by Crippen LogP contribution is 2.22. The number of rotatable bonds is 6. The third-order valence-corrected chi connectivity index (χ3v) is 5.01. The van der Waals surface area contributed by atoms with E-state index in [1.807, 2.05) is 25.1 Å². The molecule has 1 atom stereocenters. The van der Waals surface area contributed by atoms with E-state index in [1.54, 1.807) is 19.1 Å². The molecule has 0 bridgehead atoms. The van der Waals surface area contributed by atoms with Crippen LogP contribution in [0.4, 0.5) is 5.69 Å². The molecule has 1 aliphatic heterocycles. The minimum atomic E-state index is -0.585. The molecular weight excluding hydrogens is 364 g/mol. The van der Waals surface area contributed by atoms with Crippen molar-refractivity contribution in [3.8, 4) is 5.75 Å². The molecule has 2 aromatic rings. The standard InChI is InChI=1S/C21H25ClN2O3/c1-15-13-19(7-8-20(15)22)27-16(2)21(25)23-14-17-3-5-18(6-4-17)24-9-11-26-12-10-24/h3-8,13,16H,9-12,14H2,1-2H3,(H,23,25)/t16-/m0/s1. The van der Waals surface area contributed by atoms with Crippen molar-refractivity contribution in [1.82, 2.24) is 5.32 Å². The third kappa shape index (κ3) is 5.37. The van der Waals surface area contributed by atoms with Gasteiger partial charge in [-0.25, -0.2) is 0 Å². The average Bonchev–Trinajstić information content (AvgIpc) is 2.70. The second-order valence-electron chi connectivity index (χ2n) is 6.65. The second-order valence-corrected chi connectivity index (χ2v) is 7.06. The number of halogens is 1. The number of ether oxygens (including phenoxy) is 2. The molecule has 1 saturated heterocycles. The Morgan fingerprint density at radius 1 is 1.22 bits per heavy atom. The van der Waals surface area contributed by atoms with Gasteiger partial charge in [-0.05, 0) is 55.3 Å². The van der Waals surface area contributed by atoms with Crippen LogP contribution >= 0.6 is 11.6 Å². The molecule has 0 unspecified atom stereocenters. The van der Waals surface area contributed by atoms with Crippen LogP contribution in [-0.4, -0.2) is 38.3 Å². The minimum absolute atomic E-state index is 0.153. The van der Waals surface area contributed by atoms with Crippen LogP contribution in [0.15, 0.2) is 42.5 Å². The molecule has 1 aliphatic rings. The molecule has 0 saturated carbocycles. The number of nitrogens with zero attached hydrogens (tertiary/aromatic N) is 1. The van der Waals surface area contributed by atoms with Crippen LogP contribution in [0.5, 0.6) is 5.75 Å². The summed E-state index contributed by atoms with van der Waals surface area (Å²) in [6.07, 6.45) is -0.585. The minimum Gasteiger partial charge on any atom is -0.481 e. The molecule has 5 nitrogen and oxygen atoms in total. The summed E-state index contributed by atoms with van der Waals surface area (Å²) >= 11 is 6.01. The lowest BCUT2D eigenvalue weighted by Gasteiger charge is -2.28. The number of amides is 1. The van der Waals surface area contributed by atoms with Crippen molar-refractivity contribution in [2.45, 2.75) is 26.5 Å². The van der Waals surface area contributed by atoms with Crippen LogP contribution in [-0.2, 0) is 16.1 Å². The number of nitrogens with one attached hydrogen (secondary N) is 1. The van der Waals surface area contributed by atoms with Crippen LogP contribution in [0.1, 0.15) is 18.1 Å². The quantitative estimate of drug-likeness (QED) is 0.821. The smallest absolute Gasteiger partial charge is 0.261 e. The molecule has 0 aliphatic carbocycles. The van der Waals surface area contributed by atoms with Gasteiger partial charge < -0.3 is 19.7 Å². The van der Waals surface area contributed by atoms with Crippen molar-refractivity contribution in [3.63, 3.8) is 0 Å². The molecule has 3 rings (SSSR count). The summed E-state index contributed by atoms with van der Waals surface area (Å²) in [5.41, 5.74) is 3.15. The normalized spacial score (nSPS) is 15.3. The monoisotopic (exact) mass is 388 g/mol. The fourth-order valence-electron chi connectivity index (χ4n) is 2.93. The van der Waals surface area contributed by atoms with Crippen LogP contribution in [0.25, 0.3) is 0 Å². The van der Waals surface area contributed by atoms with Crippen LogP contribution < -0.4 is 15.0 Å². The summed E-state index contributed by atoms with van der Waals surface area (Å²) in [5.74, 6) is 0.481. The Kier molecular flexibility index (Phi) is 6.58. The van der Waals surface area contributed by atoms with Gasteiger partial charge in [0.25, 0.3) is 5.91 Å². The first-order chi connectivity index (χ1) is 13.0. The van der Waals surface area contributed by atoms with Crippen LogP contribution in [0.2, 0.25) is 5.02 Å². The lowest BCUT2D eigenvalue weighted by atomic mass is 10.2. The van der Waals surface area contributed by atoms with Gasteiger partial charge in [-0.15, -0.1) is 0 Å². The van der Waals surface area contributed by atoms with Crippen molar-refractivity contribution in [2.75, 3.05) is 31.2 Å². The van der Waals surface area contributed by atoms with E-state index >= 15 is 0 Å². The van der Waals surface area contributed by atoms with E-state index in [2.05, 4.69) is 22.3 Å². The van der Waals surface area contributed by atoms with Crippen molar-refractivity contribution >= 4 is 23.2 Å². The zero-order chi connectivity index (χ0) is 19.2. The Labute approximate surface area is 165 Å². The van der Waals surface area contributed by atoms with Gasteiger partial charge in [0.1, 0.15) is 5.75 Å². The predicted octanol–water partition coefficient (Wildman–Crippen LogP) is 3.57. The number of morpholine rings is 1. The first-order valence-corrected chi connectivity index (χ1v) is 9.53. The zero-order valence-corrected chi connectivity index (χ0v) is 16.5. The number of anilines is 1. The molecular formula is C21H25ClN2O3. The van der Waals surface area contributed by atoms with Gasteiger partial charge in [0.2, 0.25) is 0 Å². The number of carbonyl (C=O) groups excluding carboxylic acids is 1. The molecule has 0 spiro atoms. The Bertz CT molecular complexity index is 773. The van der Waals surface area contributed by atoms with Crippen LogP contribution in [0, 0.1) is 6.92 Å². The molecule has 6 heteroatoms. The average molecular weight is 389 g/mol. The van der Waals surface area contributed by atoms with Gasteiger partial charge in [-0.1, -0.05) is 23.7 Å². The van der Waals surface area contributed by atoms with Crippen molar-refractivity contribution in [1.29, 1.82) is 0 Å². The first-order valence-electron chi connectivity index (χ1n) is 9.15. The molecule has 0 aromatic heterocycles. The Morgan fingerprint density at radius 2 is 1.93 bits per heavy atom. The van der Waals surface area contributed by atoms with Gasteiger partial charge in [0.05, 0.1) is 13.2 Å². The molecule has 1 heterocycles. The van der Waals surface area contributed by atoms with E-state index in [0.29, 0.717) is 17.3 Å². The summed E-state index contributed by atoms with van der Waals surface area (Å²) in [4.78, 5) is 14.6. The summed E-state index contributed by atoms with van der Waals surface area (Å²) in [6.45, 7) is 7.47. The molecule has 1 N–H and O–H groups in total. The van der Waals surface area contributed by atoms with E-state index < -0.39 is 6.10 Å². The van der Waals surface area contributed by atoms with Gasteiger partial charge in [-0.3, -0.25) is 4.79 Å². The highest BCUT2D eigenvalue weighted by atomic mass is 35.5. The number of hydrogen-bond acceptors (Lipinski definition) is 4. The van der Waals surface area contributed by atoms with Gasteiger partial charge in [-0.2, -0.15) is 0 Å². The zero-order valence-electron chi connectivity index (χ0n) is 15.7. The second kappa shape index (κ2) is 9.11. The van der Waals surface area contributed by atoms with Gasteiger partial charge in [0, 0.05) is 30.3 Å². The van der Waals surface area contributed by atoms with Crippen molar-refractivity contribution < 1.29 is 14.3 Å². The maximum atomic E-state index is 12.3. The molecule has 2 aromatic carbocycles. The van der Waals surface area contributed by atoms with Gasteiger partial charge >= 0.3 is 0 Å². The first kappa shape index (κ1) is 19.5. The van der Waals surface area contributed by atoms with Crippen LogP contribution in [0.3, 0.4) is 0 Å². The maximum Gasteiger partial charge on any atom is 0.261 e. The SMILES string of the molecule is Cc1cc(O[C@@H](C)C(=O)NCc2ccc(N3CCOCC3)cc2)ccc1Cl. The molecule has 27 heavy (non-hydrogen) atoms. The fourth-order valence-corrected chi connectivity index (χ4v) is 3.04. The number of aryl methyl sites for hydroxylation is 1. The number of hydrogen-bond donors (Lipinski definition) is 1. The summed E-state index contributed by atoms with van der Waals surface area (Å²) in [7, 11) is 0. The fraction of sp³-hybridized carbons (Fsp3) is 0.381. The number of carbonyl (C=O) groups is 1. The number of benzene rings is 2. The summed E-state index contributed by atoms with van der Waals surface area (Å²) in [5, 5.41) is 3.60. The Balaban J connectivity index is 1.49. The largest absolute Gasteiger partial charge is 0.481 e. The lowest BCUT2D eigenvalue weighted by Crippen LogP contribution is -2.36. The molecule has 1 fully saturated rings. The summed E-state index contributed by atoms with van der Waals surface area (Å²) in [6, 6.07) is 13.6. The van der Waals surface area contributed by atoms with E-state index in [4.69, 9.17) is 21.1 Å². The molecule has 1 amide bonds. The molecule has 0 radical (unpaired) electrons. The Morgan fingerprint density at radius 3 is 2.59 bits per heavy atom. The summed E-state index contributed by atoms with van der Waals surface area (Å²) < 4.78 is 11.1. The van der Waals surface area contributed by atoms with E-state index in [0.717, 1.165) is 37.4 Å². The van der Waals surface area contributed by atoms with Crippen molar-refractivity contribution in [3.05, 3.63) is 58.6 Å².